The van der Waals surface area contributed by atoms with Gasteiger partial charge < -0.3 is 9.15 Å². The minimum Gasteiger partial charge on any atom is -0.451 e. The zero-order valence-corrected chi connectivity index (χ0v) is 18.5. The highest BCUT2D eigenvalue weighted by molar-refractivity contribution is 7.21. The van der Waals surface area contributed by atoms with Crippen molar-refractivity contribution in [2.45, 2.75) is 0 Å². The fraction of sp³-hybridized carbons (Fsp3) is 0. The fourth-order valence-electron chi connectivity index (χ4n) is 3.27. The summed E-state index contributed by atoms with van der Waals surface area (Å²) < 4.78 is 11.9. The van der Waals surface area contributed by atoms with Gasteiger partial charge in [-0.05, 0) is 35.9 Å². The van der Waals surface area contributed by atoms with Crippen molar-refractivity contribution in [2.24, 2.45) is 5.10 Å². The number of esters is 1. The standard InChI is InChI=1S/C25H15ClN2O4S/c26-22-18-9-2-4-11-21(18)33-23(22)25(30)31-17-8-5-6-15(12-17)14-27-28-24(29)20-13-16-7-1-3-10-19(16)32-20/h1-14H,(H,28,29)/b27-14+. The van der Waals surface area contributed by atoms with E-state index in [-0.39, 0.29) is 5.76 Å². The van der Waals surface area contributed by atoms with Gasteiger partial charge in [-0.15, -0.1) is 11.3 Å². The molecule has 0 saturated carbocycles. The van der Waals surface area contributed by atoms with Gasteiger partial charge in [-0.3, -0.25) is 4.79 Å². The summed E-state index contributed by atoms with van der Waals surface area (Å²) in [7, 11) is 0. The normalized spacial score (nSPS) is 11.3. The third-order valence-electron chi connectivity index (χ3n) is 4.82. The van der Waals surface area contributed by atoms with E-state index in [1.54, 1.807) is 36.4 Å². The molecular weight excluding hydrogens is 460 g/mol. The molecule has 0 aliphatic rings. The van der Waals surface area contributed by atoms with Gasteiger partial charge >= 0.3 is 11.9 Å². The number of thiophene rings is 1. The Kier molecular flexibility index (Phi) is 5.64. The van der Waals surface area contributed by atoms with E-state index in [9.17, 15) is 9.59 Å². The largest absolute Gasteiger partial charge is 0.451 e. The summed E-state index contributed by atoms with van der Waals surface area (Å²) in [4.78, 5) is 25.3. The number of furan rings is 1. The molecule has 0 radical (unpaired) electrons. The van der Waals surface area contributed by atoms with Gasteiger partial charge in [0, 0.05) is 15.5 Å². The molecule has 2 heterocycles. The molecule has 1 N–H and O–H groups in total. The van der Waals surface area contributed by atoms with E-state index in [0.717, 1.165) is 15.5 Å². The highest BCUT2D eigenvalue weighted by Crippen LogP contribution is 2.35. The number of carbonyl (C=O) groups is 2. The molecule has 33 heavy (non-hydrogen) atoms. The molecule has 0 aliphatic carbocycles. The van der Waals surface area contributed by atoms with Crippen LogP contribution in [0.2, 0.25) is 5.02 Å². The molecule has 0 atom stereocenters. The Balaban J connectivity index is 1.26. The molecule has 0 saturated heterocycles. The van der Waals surface area contributed by atoms with Crippen molar-refractivity contribution in [3.05, 3.63) is 100 Å². The number of nitrogens with zero attached hydrogens (tertiary/aromatic N) is 1. The lowest BCUT2D eigenvalue weighted by molar-refractivity contribution is 0.0740. The van der Waals surface area contributed by atoms with E-state index in [4.69, 9.17) is 20.8 Å². The molecule has 5 rings (SSSR count). The van der Waals surface area contributed by atoms with Gasteiger partial charge in [0.1, 0.15) is 16.2 Å². The Bertz CT molecular complexity index is 1500. The van der Waals surface area contributed by atoms with Crippen molar-refractivity contribution in [3.8, 4) is 5.75 Å². The SMILES string of the molecule is O=C(N/N=C/c1cccc(OC(=O)c2sc3ccccc3c2Cl)c1)c1cc2ccccc2o1. The number of amides is 1. The average molecular weight is 475 g/mol. The van der Waals surface area contributed by atoms with Gasteiger partial charge in [0.05, 0.1) is 11.2 Å². The quantitative estimate of drug-likeness (QED) is 0.140. The molecule has 5 aromatic rings. The van der Waals surface area contributed by atoms with Crippen LogP contribution < -0.4 is 10.2 Å². The third kappa shape index (κ3) is 4.37. The van der Waals surface area contributed by atoms with Crippen molar-refractivity contribution in [2.75, 3.05) is 0 Å². The number of rotatable bonds is 5. The summed E-state index contributed by atoms with van der Waals surface area (Å²) in [5.74, 6) is -0.504. The van der Waals surface area contributed by atoms with Crippen LogP contribution in [0.3, 0.4) is 0 Å². The van der Waals surface area contributed by atoms with Crippen LogP contribution in [0.15, 0.2) is 88.4 Å². The molecule has 0 spiro atoms. The number of fused-ring (bicyclic) bond motifs is 2. The third-order valence-corrected chi connectivity index (χ3v) is 6.47. The Labute approximate surface area is 197 Å². The van der Waals surface area contributed by atoms with Crippen LogP contribution >= 0.6 is 22.9 Å². The molecule has 0 bridgehead atoms. The van der Waals surface area contributed by atoms with E-state index in [1.165, 1.54) is 17.6 Å². The van der Waals surface area contributed by atoms with Gasteiger partial charge in [-0.1, -0.05) is 60.1 Å². The Morgan fingerprint density at radius 2 is 1.82 bits per heavy atom. The first-order valence-electron chi connectivity index (χ1n) is 9.90. The second-order valence-corrected chi connectivity index (χ2v) is 8.48. The van der Waals surface area contributed by atoms with E-state index < -0.39 is 11.9 Å². The second kappa shape index (κ2) is 8.90. The number of carbonyl (C=O) groups excluding carboxylic acids is 2. The number of hydrazone groups is 1. The summed E-state index contributed by atoms with van der Waals surface area (Å²) in [6, 6.07) is 23.3. The zero-order chi connectivity index (χ0) is 22.8. The van der Waals surface area contributed by atoms with Gasteiger partial charge in [-0.25, -0.2) is 10.2 Å². The molecule has 0 unspecified atom stereocenters. The Morgan fingerprint density at radius 3 is 2.67 bits per heavy atom. The topological polar surface area (TPSA) is 80.9 Å². The molecular formula is C25H15ClN2O4S. The highest BCUT2D eigenvalue weighted by Gasteiger charge is 2.19. The van der Waals surface area contributed by atoms with Crippen LogP contribution in [-0.4, -0.2) is 18.1 Å². The number of hydrogen-bond donors (Lipinski definition) is 1. The van der Waals surface area contributed by atoms with Crippen LogP contribution in [0.25, 0.3) is 21.1 Å². The second-order valence-electron chi connectivity index (χ2n) is 7.05. The maximum Gasteiger partial charge on any atom is 0.355 e. The Morgan fingerprint density at radius 1 is 1.00 bits per heavy atom. The fourth-order valence-corrected chi connectivity index (χ4v) is 4.66. The van der Waals surface area contributed by atoms with Crippen LogP contribution in [0.4, 0.5) is 0 Å². The number of halogens is 1. The number of nitrogens with one attached hydrogen (secondary N) is 1. The van der Waals surface area contributed by atoms with Crippen molar-refractivity contribution in [1.29, 1.82) is 0 Å². The lowest BCUT2D eigenvalue weighted by atomic mass is 10.2. The van der Waals surface area contributed by atoms with E-state index in [2.05, 4.69) is 10.5 Å². The number of para-hydroxylation sites is 1. The van der Waals surface area contributed by atoms with E-state index in [0.29, 0.717) is 26.8 Å². The van der Waals surface area contributed by atoms with Crippen LogP contribution in [0.5, 0.6) is 5.75 Å². The predicted molar refractivity (Wildman–Crippen MR) is 130 cm³/mol. The summed E-state index contributed by atoms with van der Waals surface area (Å²) in [5, 5.41) is 6.00. The summed E-state index contributed by atoms with van der Waals surface area (Å²) in [6.07, 6.45) is 1.45. The number of benzene rings is 3. The monoisotopic (exact) mass is 474 g/mol. The molecule has 0 aliphatic heterocycles. The van der Waals surface area contributed by atoms with Crippen LogP contribution in [0, 0.1) is 0 Å². The smallest absolute Gasteiger partial charge is 0.355 e. The van der Waals surface area contributed by atoms with Crippen LogP contribution in [-0.2, 0) is 0 Å². The first-order valence-corrected chi connectivity index (χ1v) is 11.1. The van der Waals surface area contributed by atoms with E-state index in [1.807, 2.05) is 42.5 Å². The van der Waals surface area contributed by atoms with Crippen molar-refractivity contribution in [1.82, 2.24) is 5.43 Å². The molecule has 0 fully saturated rings. The number of ether oxygens (including phenoxy) is 1. The molecule has 162 valence electrons. The molecule has 2 aromatic heterocycles. The predicted octanol–water partition coefficient (Wildman–Crippen LogP) is 6.28. The lowest BCUT2D eigenvalue weighted by Crippen LogP contribution is -2.16. The minimum absolute atomic E-state index is 0.163. The zero-order valence-electron chi connectivity index (χ0n) is 16.9. The minimum atomic E-state index is -0.534. The highest BCUT2D eigenvalue weighted by atomic mass is 35.5. The van der Waals surface area contributed by atoms with Gasteiger partial charge in [0.25, 0.3) is 0 Å². The lowest BCUT2D eigenvalue weighted by Gasteiger charge is -2.04. The van der Waals surface area contributed by atoms with Gasteiger partial charge in [0.15, 0.2) is 5.76 Å². The summed E-state index contributed by atoms with van der Waals surface area (Å²) >= 11 is 7.65. The van der Waals surface area contributed by atoms with Crippen molar-refractivity contribution < 1.29 is 18.7 Å². The molecule has 8 heteroatoms. The molecule has 3 aromatic carbocycles. The average Bonchev–Trinajstić information content (AvgIpc) is 3.41. The first kappa shape index (κ1) is 20.9. The van der Waals surface area contributed by atoms with Crippen molar-refractivity contribution in [3.63, 3.8) is 0 Å². The van der Waals surface area contributed by atoms with Crippen LogP contribution in [0.1, 0.15) is 25.8 Å². The van der Waals surface area contributed by atoms with E-state index >= 15 is 0 Å². The summed E-state index contributed by atoms with van der Waals surface area (Å²) in [5.41, 5.74) is 3.69. The molecule has 1 amide bonds. The van der Waals surface area contributed by atoms with Gasteiger partial charge in [-0.2, -0.15) is 5.10 Å². The Hall–Kier alpha value is -3.94. The molecule has 6 nitrogen and oxygen atoms in total. The maximum absolute atomic E-state index is 12.7. The maximum atomic E-state index is 12.7. The van der Waals surface area contributed by atoms with Gasteiger partial charge in [0.2, 0.25) is 0 Å². The number of hydrogen-bond acceptors (Lipinski definition) is 6. The first-order chi connectivity index (χ1) is 16.1. The van der Waals surface area contributed by atoms with Crippen molar-refractivity contribution >= 4 is 62.1 Å². The summed E-state index contributed by atoms with van der Waals surface area (Å²) in [6.45, 7) is 0.